The van der Waals surface area contributed by atoms with E-state index in [2.05, 4.69) is 0 Å². The number of benzene rings is 2. The highest BCUT2D eigenvalue weighted by Gasteiger charge is 2.20. The number of para-hydroxylation sites is 1. The maximum atomic E-state index is 12.8. The van der Waals surface area contributed by atoms with Crippen molar-refractivity contribution >= 4 is 5.97 Å². The minimum Gasteiger partial charge on any atom is -0.478 e. The first-order valence-electron chi connectivity index (χ1n) is 6.26. The van der Waals surface area contributed by atoms with E-state index in [1.54, 1.807) is 24.3 Å². The first-order valence-corrected chi connectivity index (χ1v) is 6.26. The van der Waals surface area contributed by atoms with Crippen molar-refractivity contribution in [3.05, 3.63) is 65.5 Å². The van der Waals surface area contributed by atoms with Gasteiger partial charge in [-0.1, -0.05) is 30.3 Å². The van der Waals surface area contributed by atoms with Crippen LogP contribution in [0.5, 0.6) is 5.75 Å². The first-order chi connectivity index (χ1) is 9.56. The number of rotatable bonds is 5. The summed E-state index contributed by atoms with van der Waals surface area (Å²) in [7, 11) is 0. The Bertz CT molecular complexity index is 593. The van der Waals surface area contributed by atoms with Crippen molar-refractivity contribution in [2.24, 2.45) is 0 Å². The predicted octanol–water partition coefficient (Wildman–Crippen LogP) is 3.21. The molecule has 0 aromatic heterocycles. The van der Waals surface area contributed by atoms with E-state index in [1.165, 1.54) is 12.1 Å². The molecular formula is C16H15FO3. The Morgan fingerprint density at radius 2 is 1.85 bits per heavy atom. The number of halogens is 1. The van der Waals surface area contributed by atoms with Crippen molar-refractivity contribution in [2.45, 2.75) is 19.4 Å². The number of ether oxygens (including phenoxy) is 1. The SMILES string of the molecule is Cc1ccccc1OC(Cc1ccc(F)cc1)C(=O)O. The molecule has 0 heterocycles. The van der Waals surface area contributed by atoms with Gasteiger partial charge in [0.05, 0.1) is 0 Å². The van der Waals surface area contributed by atoms with Gasteiger partial charge in [-0.2, -0.15) is 0 Å². The Morgan fingerprint density at radius 1 is 1.20 bits per heavy atom. The Morgan fingerprint density at radius 3 is 2.45 bits per heavy atom. The van der Waals surface area contributed by atoms with Gasteiger partial charge < -0.3 is 9.84 Å². The minimum atomic E-state index is -1.04. The van der Waals surface area contributed by atoms with Crippen molar-refractivity contribution in [3.63, 3.8) is 0 Å². The molecule has 20 heavy (non-hydrogen) atoms. The maximum absolute atomic E-state index is 12.8. The Kier molecular flexibility index (Phi) is 4.35. The molecule has 2 rings (SSSR count). The lowest BCUT2D eigenvalue weighted by molar-refractivity contribution is -0.145. The third-order valence-corrected chi connectivity index (χ3v) is 2.97. The largest absolute Gasteiger partial charge is 0.478 e. The number of carboxylic acid groups (broad SMARTS) is 1. The zero-order valence-electron chi connectivity index (χ0n) is 11.0. The van der Waals surface area contributed by atoms with Crippen LogP contribution in [-0.4, -0.2) is 17.2 Å². The van der Waals surface area contributed by atoms with Gasteiger partial charge in [0.15, 0.2) is 6.10 Å². The lowest BCUT2D eigenvalue weighted by Crippen LogP contribution is -2.29. The third-order valence-electron chi connectivity index (χ3n) is 2.97. The van der Waals surface area contributed by atoms with Crippen LogP contribution in [0.3, 0.4) is 0 Å². The van der Waals surface area contributed by atoms with Gasteiger partial charge in [0.1, 0.15) is 11.6 Å². The number of hydrogen-bond acceptors (Lipinski definition) is 2. The normalized spacial score (nSPS) is 11.9. The lowest BCUT2D eigenvalue weighted by atomic mass is 10.1. The van der Waals surface area contributed by atoms with Crippen LogP contribution >= 0.6 is 0 Å². The molecule has 1 unspecified atom stereocenters. The minimum absolute atomic E-state index is 0.184. The summed E-state index contributed by atoms with van der Waals surface area (Å²) in [6.45, 7) is 1.85. The van der Waals surface area contributed by atoms with Crippen LogP contribution in [0.1, 0.15) is 11.1 Å². The quantitative estimate of drug-likeness (QED) is 0.910. The van der Waals surface area contributed by atoms with Crippen LogP contribution in [0.25, 0.3) is 0 Å². The molecule has 2 aromatic rings. The summed E-state index contributed by atoms with van der Waals surface area (Å²) in [5, 5.41) is 9.24. The van der Waals surface area contributed by atoms with Crippen molar-refractivity contribution in [1.82, 2.24) is 0 Å². The molecule has 2 aromatic carbocycles. The van der Waals surface area contributed by atoms with E-state index in [0.717, 1.165) is 5.56 Å². The topological polar surface area (TPSA) is 46.5 Å². The van der Waals surface area contributed by atoms with Crippen LogP contribution in [0.2, 0.25) is 0 Å². The summed E-state index contributed by atoms with van der Waals surface area (Å²) in [4.78, 5) is 11.3. The molecule has 0 aliphatic heterocycles. The fourth-order valence-corrected chi connectivity index (χ4v) is 1.86. The fourth-order valence-electron chi connectivity index (χ4n) is 1.86. The molecule has 0 fully saturated rings. The van der Waals surface area contributed by atoms with Gasteiger partial charge in [-0.15, -0.1) is 0 Å². The second-order valence-electron chi connectivity index (χ2n) is 4.54. The number of aliphatic carboxylic acids is 1. The zero-order valence-corrected chi connectivity index (χ0v) is 11.0. The molecule has 0 amide bonds. The van der Waals surface area contributed by atoms with E-state index in [0.29, 0.717) is 11.3 Å². The lowest BCUT2D eigenvalue weighted by Gasteiger charge is -2.16. The average Bonchev–Trinajstić information content (AvgIpc) is 2.42. The van der Waals surface area contributed by atoms with E-state index >= 15 is 0 Å². The van der Waals surface area contributed by atoms with Gasteiger partial charge in [0.25, 0.3) is 0 Å². The van der Waals surface area contributed by atoms with E-state index in [-0.39, 0.29) is 12.2 Å². The monoisotopic (exact) mass is 274 g/mol. The van der Waals surface area contributed by atoms with Crippen LogP contribution in [-0.2, 0) is 11.2 Å². The molecule has 4 heteroatoms. The molecule has 0 aliphatic rings. The van der Waals surface area contributed by atoms with E-state index in [4.69, 9.17) is 4.74 Å². The molecule has 3 nitrogen and oxygen atoms in total. The smallest absolute Gasteiger partial charge is 0.345 e. The van der Waals surface area contributed by atoms with Crippen molar-refractivity contribution in [1.29, 1.82) is 0 Å². The summed E-state index contributed by atoms with van der Waals surface area (Å²) < 4.78 is 18.4. The summed E-state index contributed by atoms with van der Waals surface area (Å²) in [6.07, 6.45) is -0.814. The molecule has 0 radical (unpaired) electrons. The predicted molar refractivity (Wildman–Crippen MR) is 73.3 cm³/mol. The number of hydrogen-bond donors (Lipinski definition) is 1. The molecule has 0 aliphatic carbocycles. The van der Waals surface area contributed by atoms with E-state index in [9.17, 15) is 14.3 Å². The van der Waals surface area contributed by atoms with Gasteiger partial charge in [-0.05, 0) is 36.2 Å². The van der Waals surface area contributed by atoms with Crippen LogP contribution in [0, 0.1) is 12.7 Å². The fraction of sp³-hybridized carbons (Fsp3) is 0.188. The summed E-state index contributed by atoms with van der Waals surface area (Å²) in [6, 6.07) is 13.0. The third kappa shape index (κ3) is 3.57. The zero-order chi connectivity index (χ0) is 14.5. The van der Waals surface area contributed by atoms with Gasteiger partial charge in [0, 0.05) is 6.42 Å². The average molecular weight is 274 g/mol. The molecule has 104 valence electrons. The maximum Gasteiger partial charge on any atom is 0.345 e. The van der Waals surface area contributed by atoms with E-state index < -0.39 is 12.1 Å². The Labute approximate surface area is 116 Å². The van der Waals surface area contributed by atoms with Gasteiger partial charge >= 0.3 is 5.97 Å². The number of aryl methyl sites for hydroxylation is 1. The second kappa shape index (κ2) is 6.19. The van der Waals surface area contributed by atoms with Crippen LogP contribution in [0.4, 0.5) is 4.39 Å². The highest BCUT2D eigenvalue weighted by atomic mass is 19.1. The first kappa shape index (κ1) is 14.1. The Hall–Kier alpha value is -2.36. The molecule has 0 saturated carbocycles. The summed E-state index contributed by atoms with van der Waals surface area (Å²) >= 11 is 0. The second-order valence-corrected chi connectivity index (χ2v) is 4.54. The summed E-state index contributed by atoms with van der Waals surface area (Å²) in [5.41, 5.74) is 1.59. The number of carboxylic acids is 1. The van der Waals surface area contributed by atoms with Gasteiger partial charge in [-0.3, -0.25) is 0 Å². The highest BCUT2D eigenvalue weighted by Crippen LogP contribution is 2.19. The summed E-state index contributed by atoms with van der Waals surface area (Å²) in [5.74, 6) is -0.847. The number of carbonyl (C=O) groups is 1. The Balaban J connectivity index is 2.14. The highest BCUT2D eigenvalue weighted by molar-refractivity contribution is 5.73. The molecule has 1 N–H and O–H groups in total. The van der Waals surface area contributed by atoms with E-state index in [1.807, 2.05) is 19.1 Å². The molecule has 1 atom stereocenters. The standard InChI is InChI=1S/C16H15FO3/c1-11-4-2-3-5-14(11)20-15(16(18)19)10-12-6-8-13(17)9-7-12/h2-9,15H,10H2,1H3,(H,18,19). The van der Waals surface area contributed by atoms with Crippen molar-refractivity contribution < 1.29 is 19.0 Å². The molecule has 0 saturated heterocycles. The van der Waals surface area contributed by atoms with Crippen molar-refractivity contribution in [3.8, 4) is 5.75 Å². The van der Waals surface area contributed by atoms with Crippen LogP contribution in [0.15, 0.2) is 48.5 Å². The molecule has 0 bridgehead atoms. The molecule has 0 spiro atoms. The van der Waals surface area contributed by atoms with Crippen LogP contribution < -0.4 is 4.74 Å². The van der Waals surface area contributed by atoms with Crippen molar-refractivity contribution in [2.75, 3.05) is 0 Å². The van der Waals surface area contributed by atoms with Gasteiger partial charge in [0.2, 0.25) is 0 Å². The molecular weight excluding hydrogens is 259 g/mol. The van der Waals surface area contributed by atoms with Gasteiger partial charge in [-0.25, -0.2) is 9.18 Å².